The molecule has 8 nitrogen and oxygen atoms in total. The number of carbonyl (C=O) groups excluding carboxylic acids is 1. The molecule has 27 heavy (non-hydrogen) atoms. The zero-order chi connectivity index (χ0) is 18.2. The summed E-state index contributed by atoms with van der Waals surface area (Å²) in [5, 5.41) is 25.0. The molecule has 4 aromatic rings. The Hall–Kier alpha value is -3.07. The summed E-state index contributed by atoms with van der Waals surface area (Å²) in [6.07, 6.45) is 4.09. The number of hydrogen-bond acceptors (Lipinski definition) is 6. The van der Waals surface area contributed by atoms with Crippen molar-refractivity contribution < 1.29 is 4.79 Å². The number of carbonyl (C=O) groups is 1. The third kappa shape index (κ3) is 2.89. The molecular formula is C18H17N7OS. The minimum Gasteiger partial charge on any atom is -0.343 e. The van der Waals surface area contributed by atoms with E-state index in [1.165, 1.54) is 0 Å². The fourth-order valence-electron chi connectivity index (χ4n) is 3.41. The van der Waals surface area contributed by atoms with Gasteiger partial charge in [-0.05, 0) is 49.3 Å². The number of aromatic nitrogens is 6. The molecule has 0 saturated carbocycles. The van der Waals surface area contributed by atoms with Crippen LogP contribution in [0.3, 0.4) is 0 Å². The number of aryl methyl sites for hydroxylation is 1. The van der Waals surface area contributed by atoms with Crippen LogP contribution in [0.15, 0.2) is 29.6 Å². The summed E-state index contributed by atoms with van der Waals surface area (Å²) in [6.45, 7) is 0.239. The SMILES string of the molecule is O=C(NCc1nnc2ccc(-c3cccs3)nn12)c1n[nH]c2c1CCCC2. The Morgan fingerprint density at radius 3 is 3.04 bits per heavy atom. The van der Waals surface area contributed by atoms with Gasteiger partial charge in [0.15, 0.2) is 17.2 Å². The molecule has 9 heteroatoms. The first-order valence-electron chi connectivity index (χ1n) is 8.89. The van der Waals surface area contributed by atoms with Crippen LogP contribution in [-0.2, 0) is 19.4 Å². The highest BCUT2D eigenvalue weighted by atomic mass is 32.1. The maximum Gasteiger partial charge on any atom is 0.272 e. The average molecular weight is 379 g/mol. The van der Waals surface area contributed by atoms with Crippen molar-refractivity contribution in [2.45, 2.75) is 32.2 Å². The maximum absolute atomic E-state index is 12.6. The zero-order valence-electron chi connectivity index (χ0n) is 14.5. The highest BCUT2D eigenvalue weighted by Crippen LogP contribution is 2.23. The number of amides is 1. The predicted octanol–water partition coefficient (Wildman–Crippen LogP) is 2.38. The second-order valence-corrected chi connectivity index (χ2v) is 7.45. The minimum atomic E-state index is -0.194. The molecule has 0 aromatic carbocycles. The van der Waals surface area contributed by atoms with E-state index in [0.717, 1.165) is 47.5 Å². The van der Waals surface area contributed by atoms with E-state index < -0.39 is 0 Å². The number of aromatic amines is 1. The normalized spacial score (nSPS) is 13.6. The molecular weight excluding hydrogens is 362 g/mol. The number of hydrogen-bond donors (Lipinski definition) is 2. The molecule has 0 unspecified atom stereocenters. The van der Waals surface area contributed by atoms with Crippen molar-refractivity contribution in [3.63, 3.8) is 0 Å². The molecule has 4 aromatic heterocycles. The Labute approximate surface area is 158 Å². The second-order valence-electron chi connectivity index (χ2n) is 6.50. The first-order chi connectivity index (χ1) is 13.3. The van der Waals surface area contributed by atoms with E-state index in [1.807, 2.05) is 29.6 Å². The fraction of sp³-hybridized carbons (Fsp3) is 0.278. The second kappa shape index (κ2) is 6.58. The number of nitrogens with one attached hydrogen (secondary N) is 2. The first kappa shape index (κ1) is 16.1. The number of nitrogens with zero attached hydrogens (tertiary/aromatic N) is 5. The van der Waals surface area contributed by atoms with Crippen LogP contribution in [0.4, 0.5) is 0 Å². The summed E-state index contributed by atoms with van der Waals surface area (Å²) < 4.78 is 1.68. The Morgan fingerprint density at radius 2 is 2.15 bits per heavy atom. The van der Waals surface area contributed by atoms with Gasteiger partial charge in [0.05, 0.1) is 11.4 Å². The lowest BCUT2D eigenvalue weighted by Gasteiger charge is -2.10. The van der Waals surface area contributed by atoms with Gasteiger partial charge in [0.1, 0.15) is 5.69 Å². The molecule has 0 radical (unpaired) electrons. The van der Waals surface area contributed by atoms with Gasteiger partial charge in [-0.15, -0.1) is 21.5 Å². The van der Waals surface area contributed by atoms with Gasteiger partial charge in [-0.1, -0.05) is 6.07 Å². The van der Waals surface area contributed by atoms with Crippen LogP contribution >= 0.6 is 11.3 Å². The number of thiophene rings is 1. The number of fused-ring (bicyclic) bond motifs is 2. The largest absolute Gasteiger partial charge is 0.343 e. The van der Waals surface area contributed by atoms with E-state index >= 15 is 0 Å². The van der Waals surface area contributed by atoms with Crippen LogP contribution < -0.4 is 5.32 Å². The van der Waals surface area contributed by atoms with Crippen LogP contribution in [-0.4, -0.2) is 35.9 Å². The molecule has 1 aliphatic rings. The van der Waals surface area contributed by atoms with Crippen molar-refractivity contribution in [3.8, 4) is 10.6 Å². The molecule has 0 bridgehead atoms. The molecule has 0 saturated heterocycles. The molecule has 0 atom stereocenters. The van der Waals surface area contributed by atoms with Gasteiger partial charge in [0, 0.05) is 11.3 Å². The van der Waals surface area contributed by atoms with Crippen molar-refractivity contribution in [3.05, 3.63) is 52.4 Å². The first-order valence-corrected chi connectivity index (χ1v) is 9.77. The van der Waals surface area contributed by atoms with Crippen LogP contribution in [0.25, 0.3) is 16.2 Å². The zero-order valence-corrected chi connectivity index (χ0v) is 15.3. The van der Waals surface area contributed by atoms with Crippen molar-refractivity contribution in [1.82, 2.24) is 35.3 Å². The van der Waals surface area contributed by atoms with Gasteiger partial charge in [0.25, 0.3) is 5.91 Å². The summed E-state index contributed by atoms with van der Waals surface area (Å²) in [5.41, 5.74) is 4.12. The molecule has 4 heterocycles. The monoisotopic (exact) mass is 379 g/mol. The third-order valence-corrected chi connectivity index (χ3v) is 5.67. The van der Waals surface area contributed by atoms with Crippen LogP contribution in [0, 0.1) is 0 Å². The molecule has 0 spiro atoms. The Balaban J connectivity index is 1.38. The van der Waals surface area contributed by atoms with Gasteiger partial charge in [0.2, 0.25) is 0 Å². The smallest absolute Gasteiger partial charge is 0.272 e. The topological polar surface area (TPSA) is 101 Å². The maximum atomic E-state index is 12.6. The Kier molecular flexibility index (Phi) is 3.93. The molecule has 1 aliphatic carbocycles. The summed E-state index contributed by atoms with van der Waals surface area (Å²) >= 11 is 1.62. The van der Waals surface area contributed by atoms with E-state index in [-0.39, 0.29) is 12.5 Å². The molecule has 5 rings (SSSR count). The van der Waals surface area contributed by atoms with E-state index in [0.29, 0.717) is 17.2 Å². The van der Waals surface area contributed by atoms with Crippen molar-refractivity contribution in [2.24, 2.45) is 0 Å². The fourth-order valence-corrected chi connectivity index (χ4v) is 4.10. The summed E-state index contributed by atoms with van der Waals surface area (Å²) in [6, 6.07) is 7.81. The lowest BCUT2D eigenvalue weighted by molar-refractivity contribution is 0.0943. The van der Waals surface area contributed by atoms with Crippen molar-refractivity contribution in [2.75, 3.05) is 0 Å². The van der Waals surface area contributed by atoms with Crippen LogP contribution in [0.2, 0.25) is 0 Å². The highest BCUT2D eigenvalue weighted by Gasteiger charge is 2.22. The van der Waals surface area contributed by atoms with E-state index in [4.69, 9.17) is 0 Å². The summed E-state index contributed by atoms with van der Waals surface area (Å²) in [4.78, 5) is 13.7. The highest BCUT2D eigenvalue weighted by molar-refractivity contribution is 7.13. The third-order valence-electron chi connectivity index (χ3n) is 4.78. The van der Waals surface area contributed by atoms with Gasteiger partial charge >= 0.3 is 0 Å². The van der Waals surface area contributed by atoms with Crippen molar-refractivity contribution in [1.29, 1.82) is 0 Å². The van der Waals surface area contributed by atoms with Crippen LogP contribution in [0.5, 0.6) is 0 Å². The molecule has 136 valence electrons. The Morgan fingerprint density at radius 1 is 1.22 bits per heavy atom. The van der Waals surface area contributed by atoms with Gasteiger partial charge in [-0.25, -0.2) is 0 Å². The van der Waals surface area contributed by atoms with E-state index in [1.54, 1.807) is 15.9 Å². The van der Waals surface area contributed by atoms with Gasteiger partial charge in [-0.3, -0.25) is 9.89 Å². The lowest BCUT2D eigenvalue weighted by Crippen LogP contribution is -2.26. The average Bonchev–Trinajstić information content (AvgIpc) is 3.45. The van der Waals surface area contributed by atoms with Crippen molar-refractivity contribution >= 4 is 22.9 Å². The summed E-state index contributed by atoms with van der Waals surface area (Å²) in [5.74, 6) is 0.390. The van der Waals surface area contributed by atoms with Gasteiger partial charge in [-0.2, -0.15) is 14.7 Å². The predicted molar refractivity (Wildman–Crippen MR) is 100 cm³/mol. The molecule has 2 N–H and O–H groups in total. The Bertz CT molecular complexity index is 1110. The number of H-pyrrole nitrogens is 1. The van der Waals surface area contributed by atoms with E-state index in [2.05, 4.69) is 30.8 Å². The molecule has 1 amide bonds. The van der Waals surface area contributed by atoms with Gasteiger partial charge < -0.3 is 5.32 Å². The standard InChI is InChI=1S/C18H17N7OS/c26-18(17-11-4-1-2-5-12(11)20-23-17)19-10-16-22-21-15-8-7-13(24-25(15)16)14-6-3-9-27-14/h3,6-9H,1-2,4-5,10H2,(H,19,26)(H,20,23). The lowest BCUT2D eigenvalue weighted by atomic mass is 9.96. The van der Waals surface area contributed by atoms with Crippen LogP contribution in [0.1, 0.15) is 40.4 Å². The molecule has 0 fully saturated rings. The van der Waals surface area contributed by atoms with E-state index in [9.17, 15) is 4.79 Å². The minimum absolute atomic E-state index is 0.194. The molecule has 0 aliphatic heterocycles. The quantitative estimate of drug-likeness (QED) is 0.567. The number of rotatable bonds is 4. The summed E-state index contributed by atoms with van der Waals surface area (Å²) in [7, 11) is 0.